The van der Waals surface area contributed by atoms with Crippen LogP contribution >= 0.6 is 0 Å². The highest BCUT2D eigenvalue weighted by Crippen LogP contribution is 2.37. The lowest BCUT2D eigenvalue weighted by Crippen LogP contribution is -2.41. The van der Waals surface area contributed by atoms with E-state index in [1.807, 2.05) is 57.9 Å². The summed E-state index contributed by atoms with van der Waals surface area (Å²) in [7, 11) is -0.378. The summed E-state index contributed by atoms with van der Waals surface area (Å²) < 4.78 is 11.7. The van der Waals surface area contributed by atoms with Gasteiger partial charge in [0.25, 0.3) is 0 Å². The minimum absolute atomic E-state index is 0.337. The molecule has 0 unspecified atom stereocenters. The zero-order valence-electron chi connectivity index (χ0n) is 11.8. The molecule has 3 nitrogen and oxygen atoms in total. The molecule has 1 fully saturated rings. The molecule has 0 amide bonds. The van der Waals surface area contributed by atoms with Crippen molar-refractivity contribution in [2.45, 2.75) is 38.9 Å². The van der Waals surface area contributed by atoms with Crippen LogP contribution < -0.4 is 0 Å². The van der Waals surface area contributed by atoms with Crippen LogP contribution in [0.2, 0.25) is 0 Å². The van der Waals surface area contributed by atoms with Crippen molar-refractivity contribution >= 4 is 13.2 Å². The van der Waals surface area contributed by atoms with Gasteiger partial charge in [-0.2, -0.15) is 5.26 Å². The molecular weight excluding hydrogens is 237 g/mol. The topological polar surface area (TPSA) is 42.2 Å². The molecule has 0 radical (unpaired) electrons. The third kappa shape index (κ3) is 2.73. The predicted octanol–water partition coefficient (Wildman–Crippen LogP) is 3.20. The Kier molecular flexibility index (Phi) is 3.53. The number of hydrogen-bond donors (Lipinski definition) is 0. The fraction of sp³-hybridized carbons (Fsp3) is 0.400. The maximum Gasteiger partial charge on any atom is 0.487 e. The number of hydrogen-bond acceptors (Lipinski definition) is 3. The van der Waals surface area contributed by atoms with E-state index in [0.29, 0.717) is 5.56 Å². The van der Waals surface area contributed by atoms with Crippen molar-refractivity contribution in [3.05, 3.63) is 41.4 Å². The maximum absolute atomic E-state index is 9.03. The second-order valence-corrected chi connectivity index (χ2v) is 5.68. The van der Waals surface area contributed by atoms with E-state index < -0.39 is 0 Å². The van der Waals surface area contributed by atoms with Gasteiger partial charge in [-0.05, 0) is 39.3 Å². The summed E-state index contributed by atoms with van der Waals surface area (Å²) in [5.41, 5.74) is 0.850. The van der Waals surface area contributed by atoms with Crippen LogP contribution in [0.4, 0.5) is 0 Å². The highest BCUT2D eigenvalue weighted by atomic mass is 16.7. The molecule has 0 aromatic heterocycles. The van der Waals surface area contributed by atoms with Crippen LogP contribution in [0.25, 0.3) is 6.08 Å². The van der Waals surface area contributed by atoms with Gasteiger partial charge in [0.2, 0.25) is 0 Å². The molecule has 0 N–H and O–H groups in total. The third-order valence-corrected chi connectivity index (χ3v) is 3.79. The molecule has 0 atom stereocenters. The Bertz CT molecular complexity index is 527. The SMILES string of the molecule is CC1(C)OB(C=Cc2ccccc2C#N)OC1(C)C. The first-order chi connectivity index (χ1) is 8.86. The Morgan fingerprint density at radius 2 is 1.68 bits per heavy atom. The van der Waals surface area contributed by atoms with Crippen LogP contribution in [-0.2, 0) is 9.31 Å². The second kappa shape index (κ2) is 4.84. The molecule has 1 aliphatic heterocycles. The van der Waals surface area contributed by atoms with E-state index in [9.17, 15) is 0 Å². The summed E-state index contributed by atoms with van der Waals surface area (Å²) in [5.74, 6) is 1.85. The summed E-state index contributed by atoms with van der Waals surface area (Å²) in [6.45, 7) is 8.07. The Labute approximate surface area is 115 Å². The molecule has 2 rings (SSSR count). The van der Waals surface area contributed by atoms with Gasteiger partial charge >= 0.3 is 7.12 Å². The van der Waals surface area contributed by atoms with Gasteiger partial charge in [0, 0.05) is 0 Å². The largest absolute Gasteiger partial charge is 0.487 e. The van der Waals surface area contributed by atoms with Crippen molar-refractivity contribution in [1.29, 1.82) is 5.26 Å². The number of nitrogens with zero attached hydrogens (tertiary/aromatic N) is 1. The van der Waals surface area contributed by atoms with Gasteiger partial charge in [-0.3, -0.25) is 0 Å². The first-order valence-corrected chi connectivity index (χ1v) is 6.39. The van der Waals surface area contributed by atoms with Crippen LogP contribution in [-0.4, -0.2) is 18.3 Å². The van der Waals surface area contributed by atoms with Gasteiger partial charge in [0.05, 0.1) is 22.8 Å². The lowest BCUT2D eigenvalue weighted by Gasteiger charge is -2.32. The van der Waals surface area contributed by atoms with Gasteiger partial charge in [-0.1, -0.05) is 30.3 Å². The molecule has 0 saturated carbocycles. The Morgan fingerprint density at radius 1 is 1.11 bits per heavy atom. The van der Waals surface area contributed by atoms with Crippen LogP contribution in [0, 0.1) is 11.3 Å². The normalized spacial score (nSPS) is 20.7. The smallest absolute Gasteiger partial charge is 0.400 e. The highest BCUT2D eigenvalue weighted by Gasteiger charge is 2.49. The van der Waals surface area contributed by atoms with Crippen LogP contribution in [0.1, 0.15) is 38.8 Å². The van der Waals surface area contributed by atoms with Crippen molar-refractivity contribution < 1.29 is 9.31 Å². The maximum atomic E-state index is 9.03. The first-order valence-electron chi connectivity index (χ1n) is 6.39. The van der Waals surface area contributed by atoms with Crippen LogP contribution in [0.3, 0.4) is 0 Å². The molecule has 98 valence electrons. The monoisotopic (exact) mass is 255 g/mol. The summed E-state index contributed by atoms with van der Waals surface area (Å²) in [6, 6.07) is 9.63. The van der Waals surface area contributed by atoms with E-state index in [1.54, 1.807) is 6.07 Å². The summed E-state index contributed by atoms with van der Waals surface area (Å²) >= 11 is 0. The lowest BCUT2D eigenvalue weighted by atomic mass is 9.88. The summed E-state index contributed by atoms with van der Waals surface area (Å²) in [4.78, 5) is 0. The Hall–Kier alpha value is -1.57. The van der Waals surface area contributed by atoms with Crippen molar-refractivity contribution in [1.82, 2.24) is 0 Å². The summed E-state index contributed by atoms with van der Waals surface area (Å²) in [5, 5.41) is 9.03. The molecule has 1 heterocycles. The number of rotatable bonds is 2. The standard InChI is InChI=1S/C15H18BNO2/c1-14(2)15(3,4)19-16(18-14)10-9-12-7-5-6-8-13(12)11-17/h5-10H,1-4H3. The van der Waals surface area contributed by atoms with E-state index in [-0.39, 0.29) is 18.3 Å². The van der Waals surface area contributed by atoms with Gasteiger partial charge in [-0.25, -0.2) is 0 Å². The minimum atomic E-state index is -0.378. The predicted molar refractivity (Wildman–Crippen MR) is 76.3 cm³/mol. The van der Waals surface area contributed by atoms with Crippen molar-refractivity contribution in [3.8, 4) is 6.07 Å². The van der Waals surface area contributed by atoms with E-state index in [1.165, 1.54) is 0 Å². The second-order valence-electron chi connectivity index (χ2n) is 5.68. The highest BCUT2D eigenvalue weighted by molar-refractivity contribution is 6.52. The Morgan fingerprint density at radius 3 is 2.26 bits per heavy atom. The summed E-state index contributed by atoms with van der Waals surface area (Å²) in [6.07, 6.45) is 1.88. The van der Waals surface area contributed by atoms with E-state index in [4.69, 9.17) is 14.6 Å². The molecule has 1 aliphatic rings. The van der Waals surface area contributed by atoms with Crippen molar-refractivity contribution in [2.24, 2.45) is 0 Å². The lowest BCUT2D eigenvalue weighted by molar-refractivity contribution is 0.00578. The average molecular weight is 255 g/mol. The molecule has 4 heteroatoms. The zero-order valence-corrected chi connectivity index (χ0v) is 11.8. The van der Waals surface area contributed by atoms with E-state index in [2.05, 4.69) is 6.07 Å². The van der Waals surface area contributed by atoms with Gasteiger partial charge in [0.1, 0.15) is 0 Å². The van der Waals surface area contributed by atoms with Crippen LogP contribution in [0.15, 0.2) is 30.2 Å². The molecular formula is C15H18BNO2. The fourth-order valence-corrected chi connectivity index (χ4v) is 1.89. The van der Waals surface area contributed by atoms with Crippen LogP contribution in [0.5, 0.6) is 0 Å². The Balaban J connectivity index is 2.16. The third-order valence-electron chi connectivity index (χ3n) is 3.79. The first kappa shape index (κ1) is 13.9. The molecule has 0 aliphatic carbocycles. The van der Waals surface area contributed by atoms with Gasteiger partial charge in [0.15, 0.2) is 0 Å². The average Bonchev–Trinajstić information content (AvgIpc) is 2.55. The molecule has 19 heavy (non-hydrogen) atoms. The van der Waals surface area contributed by atoms with Gasteiger partial charge in [-0.15, -0.1) is 0 Å². The fourth-order valence-electron chi connectivity index (χ4n) is 1.89. The van der Waals surface area contributed by atoms with E-state index >= 15 is 0 Å². The molecule has 1 aromatic carbocycles. The van der Waals surface area contributed by atoms with Gasteiger partial charge < -0.3 is 9.31 Å². The van der Waals surface area contributed by atoms with Crippen molar-refractivity contribution in [3.63, 3.8) is 0 Å². The van der Waals surface area contributed by atoms with Crippen molar-refractivity contribution in [2.75, 3.05) is 0 Å². The van der Waals surface area contributed by atoms with E-state index in [0.717, 1.165) is 5.56 Å². The molecule has 1 saturated heterocycles. The molecule has 0 spiro atoms. The molecule has 0 bridgehead atoms. The minimum Gasteiger partial charge on any atom is -0.400 e. The quantitative estimate of drug-likeness (QED) is 0.762. The molecule has 1 aromatic rings. The number of benzene rings is 1. The number of nitriles is 1. The zero-order chi connectivity index (χ0) is 14.1.